The van der Waals surface area contributed by atoms with Crippen molar-refractivity contribution in [2.45, 2.75) is 64.2 Å². The van der Waals surface area contributed by atoms with Crippen LogP contribution in [-0.2, 0) is 9.59 Å². The molecule has 0 spiro atoms. The maximum absolute atomic E-state index is 13.7. The number of thiophene rings is 1. The summed E-state index contributed by atoms with van der Waals surface area (Å²) >= 11 is 7.45. The van der Waals surface area contributed by atoms with Crippen molar-refractivity contribution in [1.82, 2.24) is 0 Å². The molecule has 2 saturated carbocycles. The molecule has 0 bridgehead atoms. The second-order valence-electron chi connectivity index (χ2n) is 9.73. The molecule has 1 aromatic carbocycles. The Morgan fingerprint density at radius 2 is 1.67 bits per heavy atom. The SMILES string of the molecule is O=C(O)COc1c(C(=O)O)sc(-c2cccc(N(CC3CCCCC3)C(=O)C3CCCCC3)c2)c1Cl. The first kappa shape index (κ1) is 26.5. The summed E-state index contributed by atoms with van der Waals surface area (Å²) < 4.78 is 5.22. The van der Waals surface area contributed by atoms with E-state index in [1.807, 2.05) is 29.2 Å². The Morgan fingerprint density at radius 1 is 1.00 bits per heavy atom. The largest absolute Gasteiger partial charge is 0.479 e. The number of carbonyl (C=O) groups excluding carboxylic acids is 1. The number of carboxylic acid groups (broad SMARTS) is 2. The number of ether oxygens (including phenoxy) is 1. The highest BCUT2D eigenvalue weighted by molar-refractivity contribution is 7.18. The molecule has 2 N–H and O–H groups in total. The van der Waals surface area contributed by atoms with Gasteiger partial charge in [-0.1, -0.05) is 62.3 Å². The number of rotatable bonds is 9. The number of hydrogen-bond donors (Lipinski definition) is 2. The number of carboxylic acids is 2. The lowest BCUT2D eigenvalue weighted by atomic mass is 9.86. The molecule has 1 aromatic heterocycles. The van der Waals surface area contributed by atoms with Crippen molar-refractivity contribution in [3.63, 3.8) is 0 Å². The van der Waals surface area contributed by atoms with Gasteiger partial charge in [0.15, 0.2) is 17.2 Å². The molecule has 1 heterocycles. The smallest absolute Gasteiger partial charge is 0.349 e. The van der Waals surface area contributed by atoms with Crippen LogP contribution in [0.25, 0.3) is 10.4 Å². The van der Waals surface area contributed by atoms with E-state index in [0.29, 0.717) is 22.9 Å². The van der Waals surface area contributed by atoms with Crippen molar-refractivity contribution in [2.24, 2.45) is 11.8 Å². The molecule has 2 aliphatic rings. The van der Waals surface area contributed by atoms with E-state index in [-0.39, 0.29) is 27.5 Å². The number of halogens is 1. The average molecular weight is 534 g/mol. The van der Waals surface area contributed by atoms with Crippen molar-refractivity contribution in [3.05, 3.63) is 34.2 Å². The van der Waals surface area contributed by atoms with E-state index in [1.165, 1.54) is 25.7 Å². The molecule has 7 nitrogen and oxygen atoms in total. The zero-order chi connectivity index (χ0) is 25.7. The zero-order valence-corrected chi connectivity index (χ0v) is 21.8. The van der Waals surface area contributed by atoms with Crippen LogP contribution >= 0.6 is 22.9 Å². The quantitative estimate of drug-likeness (QED) is 0.370. The van der Waals surface area contributed by atoms with Gasteiger partial charge in [0.1, 0.15) is 5.02 Å². The number of benzene rings is 1. The molecule has 9 heteroatoms. The Hall–Kier alpha value is -2.58. The summed E-state index contributed by atoms with van der Waals surface area (Å²) in [6.07, 6.45) is 11.1. The lowest BCUT2D eigenvalue weighted by molar-refractivity contribution is -0.139. The van der Waals surface area contributed by atoms with E-state index in [9.17, 15) is 19.5 Å². The molecule has 4 rings (SSSR count). The number of anilines is 1. The van der Waals surface area contributed by atoms with Crippen molar-refractivity contribution in [2.75, 3.05) is 18.1 Å². The normalized spacial score (nSPS) is 17.0. The van der Waals surface area contributed by atoms with E-state index in [4.69, 9.17) is 21.4 Å². The predicted molar refractivity (Wildman–Crippen MR) is 140 cm³/mol. The maximum Gasteiger partial charge on any atom is 0.349 e. The number of amides is 1. The zero-order valence-electron chi connectivity index (χ0n) is 20.2. The van der Waals surface area contributed by atoms with Crippen molar-refractivity contribution in [1.29, 1.82) is 0 Å². The van der Waals surface area contributed by atoms with Gasteiger partial charge in [-0.05, 0) is 49.3 Å². The first-order valence-electron chi connectivity index (χ1n) is 12.7. The van der Waals surface area contributed by atoms with Gasteiger partial charge in [0.05, 0.1) is 4.88 Å². The number of hydrogen-bond acceptors (Lipinski definition) is 5. The van der Waals surface area contributed by atoms with Gasteiger partial charge < -0.3 is 19.8 Å². The molecule has 0 unspecified atom stereocenters. The van der Waals surface area contributed by atoms with Gasteiger partial charge in [-0.2, -0.15) is 0 Å². The Labute approximate surface area is 220 Å². The van der Waals surface area contributed by atoms with Gasteiger partial charge in [0.25, 0.3) is 0 Å². The fourth-order valence-electron chi connectivity index (χ4n) is 5.32. The molecule has 0 aliphatic heterocycles. The van der Waals surface area contributed by atoms with Crippen LogP contribution in [0.1, 0.15) is 73.9 Å². The third-order valence-electron chi connectivity index (χ3n) is 7.15. The number of carbonyl (C=O) groups is 3. The van der Waals surface area contributed by atoms with E-state index in [0.717, 1.165) is 55.5 Å². The fourth-order valence-corrected chi connectivity index (χ4v) is 6.72. The van der Waals surface area contributed by atoms with Crippen molar-refractivity contribution < 1.29 is 29.3 Å². The molecule has 1 amide bonds. The summed E-state index contributed by atoms with van der Waals surface area (Å²) in [6.45, 7) is -0.00836. The van der Waals surface area contributed by atoms with Crippen LogP contribution in [0.15, 0.2) is 24.3 Å². The van der Waals surface area contributed by atoms with Gasteiger partial charge in [0, 0.05) is 18.2 Å². The lowest BCUT2D eigenvalue weighted by Gasteiger charge is -2.33. The summed E-state index contributed by atoms with van der Waals surface area (Å²) in [5.74, 6) is -1.94. The standard InChI is InChI=1S/C27H32ClNO6S/c28-22-23(35-16-21(30)31)25(27(33)34)36-24(22)19-12-7-13-20(14-19)29(15-17-8-3-1-4-9-17)26(32)18-10-5-2-6-11-18/h7,12-14,17-18H,1-6,8-11,15-16H2,(H,30,31)(H,33,34). The van der Waals surface area contributed by atoms with Gasteiger partial charge >= 0.3 is 11.9 Å². The number of aromatic carboxylic acids is 1. The second-order valence-corrected chi connectivity index (χ2v) is 11.1. The van der Waals surface area contributed by atoms with Crippen LogP contribution in [0.2, 0.25) is 5.02 Å². The highest BCUT2D eigenvalue weighted by Crippen LogP contribution is 2.46. The lowest BCUT2D eigenvalue weighted by Crippen LogP contribution is -2.40. The minimum Gasteiger partial charge on any atom is -0.479 e. The van der Waals surface area contributed by atoms with Crippen LogP contribution in [0.4, 0.5) is 5.69 Å². The predicted octanol–water partition coefficient (Wildman–Crippen LogP) is 6.72. The van der Waals surface area contributed by atoms with E-state index >= 15 is 0 Å². The van der Waals surface area contributed by atoms with Crippen molar-refractivity contribution >= 4 is 46.5 Å². The molecular weight excluding hydrogens is 502 g/mol. The van der Waals surface area contributed by atoms with Gasteiger partial charge in [-0.25, -0.2) is 9.59 Å². The minimum atomic E-state index is -1.24. The molecule has 0 radical (unpaired) electrons. The van der Waals surface area contributed by atoms with Crippen molar-refractivity contribution in [3.8, 4) is 16.2 Å². The highest BCUT2D eigenvalue weighted by atomic mass is 35.5. The summed E-state index contributed by atoms with van der Waals surface area (Å²) in [5, 5.41) is 18.7. The summed E-state index contributed by atoms with van der Waals surface area (Å²) in [6, 6.07) is 7.47. The molecule has 2 aliphatic carbocycles. The Morgan fingerprint density at radius 3 is 2.31 bits per heavy atom. The number of aliphatic carboxylic acids is 1. The van der Waals surface area contributed by atoms with Gasteiger partial charge in [-0.3, -0.25) is 4.79 Å². The summed E-state index contributed by atoms with van der Waals surface area (Å²) in [4.78, 5) is 38.8. The van der Waals surface area contributed by atoms with E-state index in [1.54, 1.807) is 0 Å². The molecule has 194 valence electrons. The third-order valence-corrected chi connectivity index (χ3v) is 8.83. The van der Waals surface area contributed by atoms with Crippen LogP contribution in [0.3, 0.4) is 0 Å². The Bertz CT molecular complexity index is 1100. The molecule has 0 saturated heterocycles. The van der Waals surface area contributed by atoms with Crippen LogP contribution in [0.5, 0.6) is 5.75 Å². The first-order valence-corrected chi connectivity index (χ1v) is 13.9. The Balaban J connectivity index is 1.68. The molecule has 2 aromatic rings. The second kappa shape index (κ2) is 12.1. The highest BCUT2D eigenvalue weighted by Gasteiger charge is 2.30. The molecular formula is C27H32ClNO6S. The average Bonchev–Trinajstić information content (AvgIpc) is 3.23. The summed E-state index contributed by atoms with van der Waals surface area (Å²) in [5.41, 5.74) is 1.45. The fraction of sp³-hybridized carbons (Fsp3) is 0.519. The third kappa shape index (κ3) is 6.21. The van der Waals surface area contributed by atoms with Crippen LogP contribution < -0.4 is 9.64 Å². The first-order chi connectivity index (χ1) is 17.3. The molecule has 2 fully saturated rings. The molecule has 0 atom stereocenters. The Kier molecular flexibility index (Phi) is 8.90. The topological polar surface area (TPSA) is 104 Å². The van der Waals surface area contributed by atoms with Gasteiger partial charge in [0.2, 0.25) is 5.91 Å². The van der Waals surface area contributed by atoms with Gasteiger partial charge in [-0.15, -0.1) is 11.3 Å². The maximum atomic E-state index is 13.7. The van der Waals surface area contributed by atoms with Crippen LogP contribution in [-0.4, -0.2) is 41.2 Å². The molecule has 36 heavy (non-hydrogen) atoms. The number of nitrogens with zero attached hydrogens (tertiary/aromatic N) is 1. The minimum absolute atomic E-state index is 0.0333. The van der Waals surface area contributed by atoms with E-state index in [2.05, 4.69) is 0 Å². The monoisotopic (exact) mass is 533 g/mol. The van der Waals surface area contributed by atoms with E-state index < -0.39 is 18.5 Å². The summed E-state index contributed by atoms with van der Waals surface area (Å²) in [7, 11) is 0. The van der Waals surface area contributed by atoms with Crippen LogP contribution in [0, 0.1) is 11.8 Å².